The molecular formula is C9H17. The summed E-state index contributed by atoms with van der Waals surface area (Å²) in [7, 11) is 0. The van der Waals surface area contributed by atoms with Crippen LogP contribution in [0.3, 0.4) is 0 Å². The van der Waals surface area contributed by atoms with Gasteiger partial charge < -0.3 is 0 Å². The van der Waals surface area contributed by atoms with Crippen molar-refractivity contribution in [2.75, 3.05) is 0 Å². The van der Waals surface area contributed by atoms with Crippen LogP contribution in [-0.4, -0.2) is 0 Å². The minimum absolute atomic E-state index is 0.556. The quantitative estimate of drug-likeness (QED) is 0.508. The number of hydrogen-bond donors (Lipinski definition) is 0. The first-order valence-corrected chi connectivity index (χ1v) is 3.62. The summed E-state index contributed by atoms with van der Waals surface area (Å²) in [6, 6.07) is 0. The van der Waals surface area contributed by atoms with Gasteiger partial charge in [0.05, 0.1) is 0 Å². The molecule has 1 unspecified atom stereocenters. The van der Waals surface area contributed by atoms with Crippen molar-refractivity contribution in [2.45, 2.75) is 27.2 Å². The van der Waals surface area contributed by atoms with E-state index in [-0.39, 0.29) is 0 Å². The summed E-state index contributed by atoms with van der Waals surface area (Å²) in [5, 5.41) is 0. The van der Waals surface area contributed by atoms with E-state index in [1.54, 1.807) is 0 Å². The molecule has 0 N–H and O–H groups in total. The van der Waals surface area contributed by atoms with Gasteiger partial charge in [0.25, 0.3) is 0 Å². The standard InChI is InChI=1S/C9H17/c1-8(2)6-5-7-9(3)4/h5,7-9H,1,6H2,2-4H3. The van der Waals surface area contributed by atoms with E-state index in [2.05, 4.69) is 39.8 Å². The topological polar surface area (TPSA) is 0 Å². The largest absolute Gasteiger partial charge is 0.0880 e. The van der Waals surface area contributed by atoms with Crippen LogP contribution in [0.2, 0.25) is 0 Å². The fourth-order valence-electron chi connectivity index (χ4n) is 0.583. The van der Waals surface area contributed by atoms with Crippen molar-refractivity contribution in [3.05, 3.63) is 19.1 Å². The van der Waals surface area contributed by atoms with E-state index in [9.17, 15) is 0 Å². The van der Waals surface area contributed by atoms with Gasteiger partial charge in [0, 0.05) is 0 Å². The molecule has 0 aromatic carbocycles. The number of hydrogen-bond acceptors (Lipinski definition) is 0. The summed E-state index contributed by atoms with van der Waals surface area (Å²) < 4.78 is 0. The average Bonchev–Trinajstić information content (AvgIpc) is 1.63. The molecule has 0 bridgehead atoms. The van der Waals surface area contributed by atoms with Crippen molar-refractivity contribution in [1.82, 2.24) is 0 Å². The van der Waals surface area contributed by atoms with Crippen molar-refractivity contribution in [1.29, 1.82) is 0 Å². The lowest BCUT2D eigenvalue weighted by atomic mass is 10.1. The van der Waals surface area contributed by atoms with Crippen LogP contribution in [0.25, 0.3) is 0 Å². The van der Waals surface area contributed by atoms with Crippen LogP contribution in [0.15, 0.2) is 12.2 Å². The van der Waals surface area contributed by atoms with Gasteiger partial charge >= 0.3 is 0 Å². The summed E-state index contributed by atoms with van der Waals surface area (Å²) in [5.74, 6) is 1.24. The predicted octanol–water partition coefficient (Wildman–Crippen LogP) is 3.06. The van der Waals surface area contributed by atoms with Gasteiger partial charge in [-0.3, -0.25) is 0 Å². The molecular weight excluding hydrogens is 108 g/mol. The van der Waals surface area contributed by atoms with Crippen LogP contribution >= 0.6 is 0 Å². The highest BCUT2D eigenvalue weighted by atomic mass is 13.9. The molecule has 0 heteroatoms. The van der Waals surface area contributed by atoms with Gasteiger partial charge in [-0.1, -0.05) is 39.8 Å². The van der Waals surface area contributed by atoms with E-state index < -0.39 is 0 Å². The van der Waals surface area contributed by atoms with E-state index in [0.29, 0.717) is 11.8 Å². The molecule has 0 spiro atoms. The highest BCUT2D eigenvalue weighted by Gasteiger charge is 1.87. The molecule has 0 rings (SSSR count). The predicted molar refractivity (Wildman–Crippen MR) is 43.1 cm³/mol. The summed E-state index contributed by atoms with van der Waals surface area (Å²) >= 11 is 0. The highest BCUT2D eigenvalue weighted by molar-refractivity contribution is 4.85. The lowest BCUT2D eigenvalue weighted by Crippen LogP contribution is -1.83. The van der Waals surface area contributed by atoms with Crippen LogP contribution in [0.1, 0.15) is 27.2 Å². The minimum atomic E-state index is 0.556. The molecule has 1 radical (unpaired) electrons. The molecule has 9 heavy (non-hydrogen) atoms. The van der Waals surface area contributed by atoms with E-state index in [1.807, 2.05) is 0 Å². The molecule has 1 atom stereocenters. The van der Waals surface area contributed by atoms with Gasteiger partial charge in [0.15, 0.2) is 0 Å². The second kappa shape index (κ2) is 4.60. The third-order valence-corrected chi connectivity index (χ3v) is 1.06. The van der Waals surface area contributed by atoms with Crippen LogP contribution in [0, 0.1) is 18.8 Å². The molecule has 0 aliphatic carbocycles. The van der Waals surface area contributed by atoms with Crippen molar-refractivity contribution >= 4 is 0 Å². The Morgan fingerprint density at radius 3 is 2.22 bits per heavy atom. The first kappa shape index (κ1) is 8.74. The normalized spacial score (nSPS) is 12.2. The number of rotatable bonds is 3. The monoisotopic (exact) mass is 125 g/mol. The zero-order valence-electron chi connectivity index (χ0n) is 6.72. The molecule has 0 fully saturated rings. The van der Waals surface area contributed by atoms with Crippen molar-refractivity contribution in [3.8, 4) is 0 Å². The second-order valence-corrected chi connectivity index (χ2v) is 3.01. The maximum Gasteiger partial charge on any atom is -0.0290 e. The van der Waals surface area contributed by atoms with E-state index in [1.165, 1.54) is 0 Å². The van der Waals surface area contributed by atoms with Gasteiger partial charge in [-0.05, 0) is 18.3 Å². The van der Waals surface area contributed by atoms with Crippen molar-refractivity contribution in [2.24, 2.45) is 11.8 Å². The van der Waals surface area contributed by atoms with Crippen molar-refractivity contribution < 1.29 is 0 Å². The fraction of sp³-hybridized carbons (Fsp3) is 0.667. The van der Waals surface area contributed by atoms with Gasteiger partial charge in [0.1, 0.15) is 0 Å². The first-order valence-electron chi connectivity index (χ1n) is 3.62. The summed E-state index contributed by atoms with van der Waals surface area (Å²) in [5.41, 5.74) is 0. The Morgan fingerprint density at radius 2 is 1.89 bits per heavy atom. The summed E-state index contributed by atoms with van der Waals surface area (Å²) in [4.78, 5) is 0. The minimum Gasteiger partial charge on any atom is -0.0880 e. The van der Waals surface area contributed by atoms with E-state index >= 15 is 0 Å². The van der Waals surface area contributed by atoms with Gasteiger partial charge in [0.2, 0.25) is 0 Å². The van der Waals surface area contributed by atoms with E-state index in [4.69, 9.17) is 0 Å². The van der Waals surface area contributed by atoms with Gasteiger partial charge in [-0.2, -0.15) is 0 Å². The third-order valence-electron chi connectivity index (χ3n) is 1.06. The smallest absolute Gasteiger partial charge is 0.0290 e. The maximum absolute atomic E-state index is 3.88. The molecule has 0 nitrogen and oxygen atoms in total. The second-order valence-electron chi connectivity index (χ2n) is 3.01. The lowest BCUT2D eigenvalue weighted by molar-refractivity contribution is 0.729. The summed E-state index contributed by atoms with van der Waals surface area (Å²) in [6.07, 6.45) is 5.54. The lowest BCUT2D eigenvalue weighted by Gasteiger charge is -1.97. The molecule has 53 valence electrons. The summed E-state index contributed by atoms with van der Waals surface area (Å²) in [6.45, 7) is 10.4. The number of allylic oxidation sites excluding steroid dienone is 2. The fourth-order valence-corrected chi connectivity index (χ4v) is 0.583. The van der Waals surface area contributed by atoms with Crippen LogP contribution in [-0.2, 0) is 0 Å². The van der Waals surface area contributed by atoms with Crippen molar-refractivity contribution in [3.63, 3.8) is 0 Å². The van der Waals surface area contributed by atoms with E-state index in [0.717, 1.165) is 6.42 Å². The van der Waals surface area contributed by atoms with Crippen LogP contribution in [0.4, 0.5) is 0 Å². The molecule has 0 aromatic heterocycles. The average molecular weight is 125 g/mol. The van der Waals surface area contributed by atoms with Crippen LogP contribution < -0.4 is 0 Å². The Morgan fingerprint density at radius 1 is 1.33 bits per heavy atom. The Kier molecular flexibility index (Phi) is 4.47. The molecule has 0 saturated heterocycles. The Bertz CT molecular complexity index is 78.0. The molecule has 0 amide bonds. The van der Waals surface area contributed by atoms with Crippen LogP contribution in [0.5, 0.6) is 0 Å². The van der Waals surface area contributed by atoms with Gasteiger partial charge in [-0.15, -0.1) is 0 Å². The Labute approximate surface area is 59.0 Å². The third kappa shape index (κ3) is 7.74. The molecule has 0 aromatic rings. The first-order chi connectivity index (χ1) is 4.13. The zero-order valence-corrected chi connectivity index (χ0v) is 6.72. The zero-order chi connectivity index (χ0) is 7.28. The Balaban J connectivity index is 3.25. The maximum atomic E-state index is 3.88. The van der Waals surface area contributed by atoms with Gasteiger partial charge in [-0.25, -0.2) is 0 Å². The SMILES string of the molecule is [CH2]C(C)CC=CC(C)C. The Hall–Kier alpha value is -0.260. The molecule has 0 saturated carbocycles. The molecule has 0 heterocycles. The molecule has 0 aliphatic rings. The molecule has 0 aliphatic heterocycles. The highest BCUT2D eigenvalue weighted by Crippen LogP contribution is 2.02.